The highest BCUT2D eigenvalue weighted by molar-refractivity contribution is 5.16. The third-order valence-electron chi connectivity index (χ3n) is 4.51. The molecule has 2 fully saturated rings. The summed E-state index contributed by atoms with van der Waals surface area (Å²) in [6.45, 7) is 2.19. The van der Waals surface area contributed by atoms with Gasteiger partial charge in [0.15, 0.2) is 0 Å². The maximum Gasteiger partial charge on any atom is 0.0800 e. The van der Waals surface area contributed by atoms with E-state index < -0.39 is 0 Å². The van der Waals surface area contributed by atoms with Crippen LogP contribution in [0.2, 0.25) is 0 Å². The molecule has 0 saturated heterocycles. The molecule has 0 N–H and O–H groups in total. The number of hydrogen-bond acceptors (Lipinski definition) is 1. The Morgan fingerprint density at radius 1 is 1.00 bits per heavy atom. The van der Waals surface area contributed by atoms with E-state index in [2.05, 4.69) is 37.3 Å². The average molecular weight is 230 g/mol. The lowest BCUT2D eigenvalue weighted by atomic mass is 9.87. The van der Waals surface area contributed by atoms with Crippen LogP contribution in [0.5, 0.6) is 0 Å². The monoisotopic (exact) mass is 230 g/mol. The molecule has 1 aromatic rings. The lowest BCUT2D eigenvalue weighted by Crippen LogP contribution is -2.24. The first kappa shape index (κ1) is 11.3. The van der Waals surface area contributed by atoms with Crippen molar-refractivity contribution in [3.63, 3.8) is 0 Å². The van der Waals surface area contributed by atoms with Gasteiger partial charge in [0.1, 0.15) is 0 Å². The van der Waals surface area contributed by atoms with E-state index in [1.165, 1.54) is 37.7 Å². The molecule has 2 aliphatic carbocycles. The molecule has 17 heavy (non-hydrogen) atoms. The van der Waals surface area contributed by atoms with Gasteiger partial charge in [-0.1, -0.05) is 43.2 Å². The van der Waals surface area contributed by atoms with Crippen LogP contribution in [0, 0.1) is 11.8 Å². The molecule has 92 valence electrons. The van der Waals surface area contributed by atoms with Crippen molar-refractivity contribution >= 4 is 0 Å². The van der Waals surface area contributed by atoms with Crippen LogP contribution in [0.15, 0.2) is 30.3 Å². The molecule has 2 saturated carbocycles. The maximum absolute atomic E-state index is 6.26. The van der Waals surface area contributed by atoms with Crippen molar-refractivity contribution in [1.29, 1.82) is 0 Å². The van der Waals surface area contributed by atoms with Gasteiger partial charge in [-0.25, -0.2) is 0 Å². The first-order valence-electron chi connectivity index (χ1n) is 7.01. The summed E-state index contributed by atoms with van der Waals surface area (Å²) in [5, 5.41) is 0. The summed E-state index contributed by atoms with van der Waals surface area (Å²) in [4.78, 5) is 0. The Morgan fingerprint density at radius 3 is 2.29 bits per heavy atom. The summed E-state index contributed by atoms with van der Waals surface area (Å²) >= 11 is 0. The Bertz CT molecular complexity index is 347. The summed E-state index contributed by atoms with van der Waals surface area (Å²) in [6, 6.07) is 10.6. The smallest absolute Gasteiger partial charge is 0.0800 e. The molecule has 3 rings (SSSR count). The second-order valence-electron chi connectivity index (χ2n) is 5.83. The van der Waals surface area contributed by atoms with Crippen LogP contribution in [0.25, 0.3) is 0 Å². The van der Waals surface area contributed by atoms with Crippen LogP contribution in [0.4, 0.5) is 0 Å². The van der Waals surface area contributed by atoms with Gasteiger partial charge >= 0.3 is 0 Å². The minimum atomic E-state index is 0.249. The van der Waals surface area contributed by atoms with Crippen LogP contribution in [0.3, 0.4) is 0 Å². The van der Waals surface area contributed by atoms with E-state index in [0.29, 0.717) is 6.10 Å². The van der Waals surface area contributed by atoms with Gasteiger partial charge < -0.3 is 4.74 Å². The highest BCUT2D eigenvalue weighted by atomic mass is 16.5. The zero-order valence-corrected chi connectivity index (χ0v) is 10.6. The van der Waals surface area contributed by atoms with E-state index in [4.69, 9.17) is 4.74 Å². The molecule has 0 heterocycles. The molecule has 0 radical (unpaired) electrons. The second kappa shape index (κ2) is 4.81. The number of fused-ring (bicyclic) bond motifs is 2. The molecule has 2 bridgehead atoms. The Kier molecular flexibility index (Phi) is 3.19. The fourth-order valence-corrected chi connectivity index (χ4v) is 3.65. The van der Waals surface area contributed by atoms with E-state index in [1.54, 1.807) is 0 Å². The van der Waals surface area contributed by atoms with Crippen molar-refractivity contribution in [2.75, 3.05) is 0 Å². The maximum atomic E-state index is 6.26. The molecular formula is C16H22O. The first-order chi connectivity index (χ1) is 8.31. The molecular weight excluding hydrogens is 208 g/mol. The zero-order valence-electron chi connectivity index (χ0n) is 10.6. The minimum Gasteiger partial charge on any atom is -0.371 e. The van der Waals surface area contributed by atoms with Crippen LogP contribution in [-0.4, -0.2) is 6.10 Å². The van der Waals surface area contributed by atoms with E-state index in [9.17, 15) is 0 Å². The van der Waals surface area contributed by atoms with Crippen LogP contribution < -0.4 is 0 Å². The van der Waals surface area contributed by atoms with Gasteiger partial charge in [-0.15, -0.1) is 0 Å². The molecule has 1 heteroatoms. The SMILES string of the molecule is CC(O[C@@H]1C[C@@H]2CC[C@@H](C2)C1)c1ccccc1. The summed E-state index contributed by atoms with van der Waals surface area (Å²) in [5.74, 6) is 1.92. The van der Waals surface area contributed by atoms with Crippen molar-refractivity contribution in [3.8, 4) is 0 Å². The highest BCUT2D eigenvalue weighted by Gasteiger charge is 2.35. The van der Waals surface area contributed by atoms with E-state index in [0.717, 1.165) is 11.8 Å². The van der Waals surface area contributed by atoms with E-state index in [-0.39, 0.29) is 6.10 Å². The number of hydrogen-bond donors (Lipinski definition) is 0. The summed E-state index contributed by atoms with van der Waals surface area (Å²) in [5.41, 5.74) is 1.31. The Labute approximate surface area is 104 Å². The molecule has 1 aromatic carbocycles. The quantitative estimate of drug-likeness (QED) is 0.750. The van der Waals surface area contributed by atoms with Crippen LogP contribution in [-0.2, 0) is 4.74 Å². The minimum absolute atomic E-state index is 0.249. The largest absolute Gasteiger partial charge is 0.371 e. The average Bonchev–Trinajstić information content (AvgIpc) is 2.70. The lowest BCUT2D eigenvalue weighted by molar-refractivity contribution is -0.0362. The number of ether oxygens (including phenoxy) is 1. The van der Waals surface area contributed by atoms with Gasteiger partial charge in [0.25, 0.3) is 0 Å². The Balaban J connectivity index is 1.60. The third-order valence-corrected chi connectivity index (χ3v) is 4.51. The van der Waals surface area contributed by atoms with Crippen LogP contribution in [0.1, 0.15) is 50.7 Å². The van der Waals surface area contributed by atoms with E-state index in [1.807, 2.05) is 0 Å². The molecule has 2 aliphatic rings. The molecule has 0 spiro atoms. The predicted molar refractivity (Wildman–Crippen MR) is 69.8 cm³/mol. The standard InChI is InChI=1S/C16H22O/c1-12(15-5-3-2-4-6-15)17-16-10-13-7-8-14(9-13)11-16/h2-6,12-14,16H,7-11H2,1H3/t12?,13-,14+,16-. The topological polar surface area (TPSA) is 9.23 Å². The predicted octanol–water partition coefficient (Wildman–Crippen LogP) is 4.34. The molecule has 0 aromatic heterocycles. The molecule has 4 atom stereocenters. The molecule has 1 unspecified atom stereocenters. The fraction of sp³-hybridized carbons (Fsp3) is 0.625. The van der Waals surface area contributed by atoms with Crippen molar-refractivity contribution in [2.45, 2.75) is 51.2 Å². The number of benzene rings is 1. The Hall–Kier alpha value is -0.820. The van der Waals surface area contributed by atoms with Gasteiger partial charge in [0.2, 0.25) is 0 Å². The normalized spacial score (nSPS) is 33.6. The van der Waals surface area contributed by atoms with Gasteiger partial charge in [0, 0.05) is 0 Å². The summed E-state index contributed by atoms with van der Waals surface area (Å²) in [6.07, 6.45) is 7.73. The van der Waals surface area contributed by atoms with Crippen molar-refractivity contribution in [1.82, 2.24) is 0 Å². The first-order valence-corrected chi connectivity index (χ1v) is 7.01. The van der Waals surface area contributed by atoms with Crippen molar-refractivity contribution in [2.24, 2.45) is 11.8 Å². The Morgan fingerprint density at radius 2 is 1.65 bits per heavy atom. The second-order valence-corrected chi connectivity index (χ2v) is 5.83. The third kappa shape index (κ3) is 2.55. The van der Waals surface area contributed by atoms with Gasteiger partial charge in [0.05, 0.1) is 12.2 Å². The molecule has 0 aliphatic heterocycles. The van der Waals surface area contributed by atoms with Crippen molar-refractivity contribution in [3.05, 3.63) is 35.9 Å². The highest BCUT2D eigenvalue weighted by Crippen LogP contribution is 2.43. The van der Waals surface area contributed by atoms with Gasteiger partial charge in [-0.2, -0.15) is 0 Å². The summed E-state index contributed by atoms with van der Waals surface area (Å²) in [7, 11) is 0. The van der Waals surface area contributed by atoms with Crippen LogP contribution >= 0.6 is 0 Å². The lowest BCUT2D eigenvalue weighted by Gasteiger charge is -2.30. The zero-order chi connectivity index (χ0) is 11.7. The molecule has 1 nitrogen and oxygen atoms in total. The van der Waals surface area contributed by atoms with Gasteiger partial charge in [-0.05, 0) is 43.6 Å². The number of rotatable bonds is 3. The van der Waals surface area contributed by atoms with E-state index >= 15 is 0 Å². The van der Waals surface area contributed by atoms with Gasteiger partial charge in [-0.3, -0.25) is 0 Å². The molecule has 0 amide bonds. The summed E-state index contributed by atoms with van der Waals surface area (Å²) < 4.78 is 6.26. The fourth-order valence-electron chi connectivity index (χ4n) is 3.65. The van der Waals surface area contributed by atoms with Crippen molar-refractivity contribution < 1.29 is 4.74 Å².